The maximum atomic E-state index is 12.7. The number of rotatable bonds is 3. The van der Waals surface area contributed by atoms with Crippen molar-refractivity contribution < 1.29 is 17.7 Å². The molecule has 1 aromatic heterocycles. The molecule has 2 heterocycles. The molecular formula is C14H14N2O4S. The third kappa shape index (κ3) is 2.50. The normalized spacial score (nSPS) is 15.7. The van der Waals surface area contributed by atoms with Gasteiger partial charge in [-0.05, 0) is 19.1 Å². The van der Waals surface area contributed by atoms with Gasteiger partial charge in [-0.2, -0.15) is 4.31 Å². The van der Waals surface area contributed by atoms with Crippen molar-refractivity contribution in [3.63, 3.8) is 0 Å². The second-order valence-corrected chi connectivity index (χ2v) is 6.88. The highest BCUT2D eigenvalue weighted by Crippen LogP contribution is 2.25. The molecule has 0 saturated carbocycles. The number of Topliss-reactive ketones (excluding diaryl/α,β-unsaturated/α-hetero) is 1. The molecule has 1 aromatic carbocycles. The molecule has 2 aromatic rings. The van der Waals surface area contributed by atoms with Crippen LogP contribution >= 0.6 is 0 Å². The lowest BCUT2D eigenvalue weighted by Crippen LogP contribution is -2.35. The summed E-state index contributed by atoms with van der Waals surface area (Å²) in [5.41, 5.74) is 1.17. The van der Waals surface area contributed by atoms with Gasteiger partial charge in [-0.15, -0.1) is 0 Å². The first-order chi connectivity index (χ1) is 9.98. The smallest absolute Gasteiger partial charge is 0.243 e. The second kappa shape index (κ2) is 5.09. The zero-order valence-electron chi connectivity index (χ0n) is 11.4. The number of hydrogen-bond acceptors (Lipinski definition) is 5. The molecule has 21 heavy (non-hydrogen) atoms. The van der Waals surface area contributed by atoms with Crippen molar-refractivity contribution in [2.24, 2.45) is 0 Å². The minimum Gasteiger partial charge on any atom is -0.361 e. The second-order valence-electron chi connectivity index (χ2n) is 4.95. The molecule has 110 valence electrons. The Bertz CT molecular complexity index is 795. The maximum Gasteiger partial charge on any atom is 0.243 e. The number of carbonyl (C=O) groups excluding carboxylic acids is 1. The predicted molar refractivity (Wildman–Crippen MR) is 74.2 cm³/mol. The van der Waals surface area contributed by atoms with Crippen LogP contribution in [-0.2, 0) is 23.0 Å². The van der Waals surface area contributed by atoms with Gasteiger partial charge in [0, 0.05) is 30.6 Å². The van der Waals surface area contributed by atoms with Crippen LogP contribution in [0.15, 0.2) is 39.9 Å². The zero-order valence-corrected chi connectivity index (χ0v) is 12.3. The molecule has 1 aliphatic heterocycles. The lowest BCUT2D eigenvalue weighted by Gasteiger charge is -2.25. The highest BCUT2D eigenvalue weighted by Gasteiger charge is 2.30. The van der Waals surface area contributed by atoms with Crippen LogP contribution in [-0.4, -0.2) is 30.2 Å². The van der Waals surface area contributed by atoms with Crippen molar-refractivity contribution in [3.05, 3.63) is 47.3 Å². The SMILES string of the molecule is CC(=O)c1cccc(S(=O)(=O)N2CCc3oncc3C2)c1. The third-order valence-corrected chi connectivity index (χ3v) is 5.38. The summed E-state index contributed by atoms with van der Waals surface area (Å²) in [6.45, 7) is 2.00. The van der Waals surface area contributed by atoms with Crippen LogP contribution in [0.1, 0.15) is 28.6 Å². The lowest BCUT2D eigenvalue weighted by atomic mass is 10.1. The summed E-state index contributed by atoms with van der Waals surface area (Å²) in [5.74, 6) is 0.575. The molecule has 1 aliphatic rings. The molecule has 0 amide bonds. The number of fused-ring (bicyclic) bond motifs is 1. The van der Waals surface area contributed by atoms with Gasteiger partial charge in [0.05, 0.1) is 11.1 Å². The molecule has 0 spiro atoms. The van der Waals surface area contributed by atoms with E-state index >= 15 is 0 Å². The van der Waals surface area contributed by atoms with Gasteiger partial charge < -0.3 is 4.52 Å². The van der Waals surface area contributed by atoms with E-state index < -0.39 is 10.0 Å². The van der Waals surface area contributed by atoms with Gasteiger partial charge in [-0.3, -0.25) is 4.79 Å². The van der Waals surface area contributed by atoms with E-state index in [0.717, 1.165) is 11.3 Å². The molecular weight excluding hydrogens is 292 g/mol. The van der Waals surface area contributed by atoms with Gasteiger partial charge in [0.15, 0.2) is 5.78 Å². The summed E-state index contributed by atoms with van der Waals surface area (Å²) in [7, 11) is -3.63. The Labute approximate surface area is 122 Å². The highest BCUT2D eigenvalue weighted by molar-refractivity contribution is 7.89. The van der Waals surface area contributed by atoms with Crippen molar-refractivity contribution in [1.82, 2.24) is 9.46 Å². The maximum absolute atomic E-state index is 12.7. The average Bonchev–Trinajstić information content (AvgIpc) is 2.94. The molecule has 0 bridgehead atoms. The van der Waals surface area contributed by atoms with Crippen molar-refractivity contribution in [3.8, 4) is 0 Å². The van der Waals surface area contributed by atoms with Crippen LogP contribution in [0.2, 0.25) is 0 Å². The van der Waals surface area contributed by atoms with Crippen molar-refractivity contribution in [1.29, 1.82) is 0 Å². The molecule has 6 nitrogen and oxygen atoms in total. The lowest BCUT2D eigenvalue weighted by molar-refractivity contribution is 0.101. The summed E-state index contributed by atoms with van der Waals surface area (Å²) in [4.78, 5) is 11.5. The Morgan fingerprint density at radius 3 is 2.95 bits per heavy atom. The number of benzene rings is 1. The third-order valence-electron chi connectivity index (χ3n) is 3.54. The molecule has 0 fully saturated rings. The minimum absolute atomic E-state index is 0.134. The standard InChI is InChI=1S/C14H14N2O4S/c1-10(17)11-3-2-4-13(7-11)21(18,19)16-6-5-14-12(9-16)8-15-20-14/h2-4,7-8H,5-6,9H2,1H3. The van der Waals surface area contributed by atoms with E-state index in [1.807, 2.05) is 0 Å². The number of hydrogen-bond donors (Lipinski definition) is 0. The predicted octanol–water partition coefficient (Wildman–Crippen LogP) is 1.62. The highest BCUT2D eigenvalue weighted by atomic mass is 32.2. The van der Waals surface area contributed by atoms with E-state index in [-0.39, 0.29) is 17.2 Å². The summed E-state index contributed by atoms with van der Waals surface area (Å²) in [5, 5.41) is 3.69. The first kappa shape index (κ1) is 14.0. The van der Waals surface area contributed by atoms with E-state index in [1.54, 1.807) is 18.3 Å². The molecule has 7 heteroatoms. The molecule has 0 unspecified atom stereocenters. The van der Waals surface area contributed by atoms with Crippen LogP contribution < -0.4 is 0 Å². The van der Waals surface area contributed by atoms with Gasteiger partial charge in [0.2, 0.25) is 10.0 Å². The Morgan fingerprint density at radius 2 is 2.19 bits per heavy atom. The number of ketones is 1. The first-order valence-electron chi connectivity index (χ1n) is 6.52. The van der Waals surface area contributed by atoms with Gasteiger partial charge >= 0.3 is 0 Å². The van der Waals surface area contributed by atoms with Gasteiger partial charge in [0.1, 0.15) is 5.76 Å². The van der Waals surface area contributed by atoms with Crippen LogP contribution in [0.25, 0.3) is 0 Å². The van der Waals surface area contributed by atoms with E-state index in [2.05, 4.69) is 5.16 Å². The molecule has 0 radical (unpaired) electrons. The van der Waals surface area contributed by atoms with Crippen LogP contribution in [0.4, 0.5) is 0 Å². The summed E-state index contributed by atoms with van der Waals surface area (Å²) < 4.78 is 31.8. The fourth-order valence-corrected chi connectivity index (χ4v) is 3.81. The quantitative estimate of drug-likeness (QED) is 0.805. The minimum atomic E-state index is -3.63. The molecule has 0 N–H and O–H groups in total. The average molecular weight is 306 g/mol. The fraction of sp³-hybridized carbons (Fsp3) is 0.286. The van der Waals surface area contributed by atoms with Gasteiger partial charge in [-0.25, -0.2) is 8.42 Å². The first-order valence-corrected chi connectivity index (χ1v) is 7.96. The number of nitrogens with zero attached hydrogens (tertiary/aromatic N) is 2. The fourth-order valence-electron chi connectivity index (χ4n) is 2.34. The summed E-state index contributed by atoms with van der Waals surface area (Å²) >= 11 is 0. The van der Waals surface area contributed by atoms with Crippen LogP contribution in [0, 0.1) is 0 Å². The molecule has 0 atom stereocenters. The molecule has 0 saturated heterocycles. The summed E-state index contributed by atoms with van der Waals surface area (Å²) in [6.07, 6.45) is 2.05. The van der Waals surface area contributed by atoms with E-state index in [0.29, 0.717) is 18.5 Å². The molecule has 3 rings (SSSR count). The Hall–Kier alpha value is -1.99. The van der Waals surface area contributed by atoms with Crippen LogP contribution in [0.3, 0.4) is 0 Å². The van der Waals surface area contributed by atoms with Crippen molar-refractivity contribution >= 4 is 15.8 Å². The van der Waals surface area contributed by atoms with Crippen molar-refractivity contribution in [2.75, 3.05) is 6.54 Å². The van der Waals surface area contributed by atoms with Crippen LogP contribution in [0.5, 0.6) is 0 Å². The van der Waals surface area contributed by atoms with Gasteiger partial charge in [0.25, 0.3) is 0 Å². The Morgan fingerprint density at radius 1 is 1.38 bits per heavy atom. The van der Waals surface area contributed by atoms with E-state index in [1.165, 1.54) is 23.4 Å². The number of carbonyl (C=O) groups is 1. The van der Waals surface area contributed by atoms with Crippen molar-refractivity contribution in [2.45, 2.75) is 24.8 Å². The monoisotopic (exact) mass is 306 g/mol. The Balaban J connectivity index is 1.94. The zero-order chi connectivity index (χ0) is 15.0. The summed E-state index contributed by atoms with van der Waals surface area (Å²) in [6, 6.07) is 6.11. The Kier molecular flexibility index (Phi) is 3.38. The topological polar surface area (TPSA) is 80.5 Å². The van der Waals surface area contributed by atoms with E-state index in [9.17, 15) is 13.2 Å². The number of sulfonamides is 1. The van der Waals surface area contributed by atoms with Gasteiger partial charge in [-0.1, -0.05) is 17.3 Å². The molecule has 0 aliphatic carbocycles. The number of aromatic nitrogens is 1. The largest absolute Gasteiger partial charge is 0.361 e. The van der Waals surface area contributed by atoms with E-state index in [4.69, 9.17) is 4.52 Å².